The number of benzene rings is 2. The number of methoxy groups -OCH3 is 1. The monoisotopic (exact) mass is 451 g/mol. The zero-order chi connectivity index (χ0) is 23.0. The molecule has 0 spiro atoms. The van der Waals surface area contributed by atoms with Gasteiger partial charge >= 0.3 is 6.18 Å². The normalized spacial score (nSPS) is 12.5. The highest BCUT2D eigenvalue weighted by molar-refractivity contribution is 7.89. The Morgan fingerprint density at radius 2 is 1.71 bits per heavy atom. The van der Waals surface area contributed by atoms with Gasteiger partial charge in [-0.1, -0.05) is 24.3 Å². The van der Waals surface area contributed by atoms with Gasteiger partial charge in [0.25, 0.3) is 0 Å². The van der Waals surface area contributed by atoms with Gasteiger partial charge in [0, 0.05) is 17.3 Å². The molecule has 1 aromatic heterocycles. The molecule has 0 saturated carbocycles. The first kappa shape index (κ1) is 22.6. The maximum absolute atomic E-state index is 14.1. The van der Waals surface area contributed by atoms with Crippen LogP contribution in [0.5, 0.6) is 5.75 Å². The lowest BCUT2D eigenvalue weighted by Crippen LogP contribution is -2.12. The SMILES string of the molecule is CC=Cn1nc(-c2ccc(S(N)(=O)=O)cc2)c(-c2ccc(OC)c(C)c2)c1C(F)(F)F. The van der Waals surface area contributed by atoms with Gasteiger partial charge in [-0.3, -0.25) is 0 Å². The molecule has 164 valence electrons. The van der Waals surface area contributed by atoms with Gasteiger partial charge in [0.05, 0.1) is 12.0 Å². The Kier molecular flexibility index (Phi) is 5.97. The third-order valence-electron chi connectivity index (χ3n) is 4.61. The van der Waals surface area contributed by atoms with E-state index in [0.717, 1.165) is 4.68 Å². The van der Waals surface area contributed by atoms with Crippen LogP contribution in [0.4, 0.5) is 13.2 Å². The number of hydrogen-bond donors (Lipinski definition) is 1. The molecule has 0 amide bonds. The molecular formula is C21H20F3N3O3S. The largest absolute Gasteiger partial charge is 0.496 e. The number of nitrogens with zero attached hydrogens (tertiary/aromatic N) is 2. The lowest BCUT2D eigenvalue weighted by Gasteiger charge is -2.13. The highest BCUT2D eigenvalue weighted by Gasteiger charge is 2.40. The fourth-order valence-electron chi connectivity index (χ4n) is 3.27. The van der Waals surface area contributed by atoms with Crippen LogP contribution in [0.2, 0.25) is 0 Å². The van der Waals surface area contributed by atoms with Crippen molar-refractivity contribution in [3.05, 3.63) is 59.8 Å². The van der Waals surface area contributed by atoms with E-state index in [4.69, 9.17) is 9.88 Å². The fraction of sp³-hybridized carbons (Fsp3) is 0.190. The average molecular weight is 451 g/mol. The number of ether oxygens (including phenoxy) is 1. The van der Waals surface area contributed by atoms with E-state index in [0.29, 0.717) is 22.4 Å². The van der Waals surface area contributed by atoms with Gasteiger partial charge in [-0.15, -0.1) is 0 Å². The van der Waals surface area contributed by atoms with Crippen molar-refractivity contribution < 1.29 is 26.3 Å². The topological polar surface area (TPSA) is 87.2 Å². The predicted octanol–water partition coefficient (Wildman–Crippen LogP) is 4.69. The minimum absolute atomic E-state index is 0.0518. The zero-order valence-corrected chi connectivity index (χ0v) is 17.8. The maximum Gasteiger partial charge on any atom is 0.434 e. The number of rotatable bonds is 5. The maximum atomic E-state index is 14.1. The molecule has 6 nitrogen and oxygen atoms in total. The van der Waals surface area contributed by atoms with Crippen molar-refractivity contribution in [2.45, 2.75) is 24.9 Å². The molecule has 3 aromatic rings. The van der Waals surface area contributed by atoms with Gasteiger partial charge in [0.1, 0.15) is 11.4 Å². The summed E-state index contributed by atoms with van der Waals surface area (Å²) in [5.41, 5.74) is 0.246. The number of hydrogen-bond acceptors (Lipinski definition) is 4. The number of primary sulfonamides is 1. The lowest BCUT2D eigenvalue weighted by atomic mass is 9.97. The molecule has 0 bridgehead atoms. The summed E-state index contributed by atoms with van der Waals surface area (Å²) in [6.07, 6.45) is -2.04. The van der Waals surface area contributed by atoms with Crippen molar-refractivity contribution in [3.8, 4) is 28.1 Å². The standard InChI is InChI=1S/C21H20F3N3O3S/c1-4-11-27-20(21(22,23)24)18(15-7-10-17(30-3)13(2)12-15)19(26-27)14-5-8-16(9-6-14)31(25,28)29/h4-12H,1-3H3,(H2,25,28,29). The van der Waals surface area contributed by atoms with Gasteiger partial charge in [-0.2, -0.15) is 18.3 Å². The van der Waals surface area contributed by atoms with Crippen LogP contribution in [0.1, 0.15) is 18.2 Å². The molecule has 10 heteroatoms. The summed E-state index contributed by atoms with van der Waals surface area (Å²) >= 11 is 0. The first-order valence-corrected chi connectivity index (χ1v) is 10.6. The van der Waals surface area contributed by atoms with Crippen molar-refractivity contribution in [1.29, 1.82) is 0 Å². The molecule has 0 aliphatic heterocycles. The molecule has 0 unspecified atom stereocenters. The number of aromatic nitrogens is 2. The van der Waals surface area contributed by atoms with Gasteiger partial charge in [0.2, 0.25) is 10.0 Å². The van der Waals surface area contributed by atoms with E-state index in [-0.39, 0.29) is 16.2 Å². The Hall–Kier alpha value is -3.11. The Morgan fingerprint density at radius 3 is 2.19 bits per heavy atom. The first-order valence-electron chi connectivity index (χ1n) is 9.08. The van der Waals surface area contributed by atoms with E-state index >= 15 is 0 Å². The van der Waals surface area contributed by atoms with E-state index in [1.807, 2.05) is 0 Å². The molecule has 3 rings (SSSR count). The molecule has 0 atom stereocenters. The van der Waals surface area contributed by atoms with E-state index < -0.39 is 21.9 Å². The highest BCUT2D eigenvalue weighted by Crippen LogP contribution is 2.43. The Balaban J connectivity index is 2.34. The van der Waals surface area contributed by atoms with E-state index in [2.05, 4.69) is 5.10 Å². The van der Waals surface area contributed by atoms with E-state index in [1.54, 1.807) is 26.0 Å². The Labute approximate surface area is 177 Å². The number of aryl methyl sites for hydroxylation is 1. The second kappa shape index (κ2) is 8.20. The predicted molar refractivity (Wildman–Crippen MR) is 112 cm³/mol. The minimum atomic E-state index is -4.70. The molecule has 2 N–H and O–H groups in total. The van der Waals surface area contributed by atoms with Gasteiger partial charge in [-0.05, 0) is 49.2 Å². The lowest BCUT2D eigenvalue weighted by molar-refractivity contribution is -0.142. The molecular weight excluding hydrogens is 431 g/mol. The van der Waals surface area contributed by atoms with Crippen LogP contribution in [0.3, 0.4) is 0 Å². The molecule has 31 heavy (non-hydrogen) atoms. The van der Waals surface area contributed by atoms with Crippen molar-refractivity contribution in [2.75, 3.05) is 7.11 Å². The zero-order valence-electron chi connectivity index (χ0n) is 16.9. The summed E-state index contributed by atoms with van der Waals surface area (Å²) in [6, 6.07) is 9.93. The second-order valence-corrected chi connectivity index (χ2v) is 8.31. The molecule has 0 aliphatic carbocycles. The number of nitrogens with two attached hydrogens (primary N) is 1. The van der Waals surface area contributed by atoms with Crippen LogP contribution < -0.4 is 9.88 Å². The second-order valence-electron chi connectivity index (χ2n) is 6.75. The van der Waals surface area contributed by atoms with Crippen LogP contribution >= 0.6 is 0 Å². The number of sulfonamides is 1. The summed E-state index contributed by atoms with van der Waals surface area (Å²) in [6.45, 7) is 3.31. The van der Waals surface area contributed by atoms with E-state index in [9.17, 15) is 21.6 Å². The van der Waals surface area contributed by atoms with Crippen LogP contribution in [0, 0.1) is 6.92 Å². The van der Waals surface area contributed by atoms with Crippen molar-refractivity contribution in [2.24, 2.45) is 5.14 Å². The van der Waals surface area contributed by atoms with Crippen LogP contribution in [0.15, 0.2) is 53.4 Å². The Bertz CT molecular complexity index is 1250. The van der Waals surface area contributed by atoms with Crippen molar-refractivity contribution >= 4 is 16.2 Å². The van der Waals surface area contributed by atoms with Crippen molar-refractivity contribution in [1.82, 2.24) is 9.78 Å². The smallest absolute Gasteiger partial charge is 0.434 e. The third-order valence-corrected chi connectivity index (χ3v) is 5.54. The first-order chi connectivity index (χ1) is 14.5. The molecule has 0 radical (unpaired) electrons. The van der Waals surface area contributed by atoms with Crippen LogP contribution in [-0.4, -0.2) is 25.3 Å². The number of alkyl halides is 3. The molecule has 0 aliphatic rings. The molecule has 2 aromatic carbocycles. The minimum Gasteiger partial charge on any atom is -0.496 e. The molecule has 1 heterocycles. The summed E-state index contributed by atoms with van der Waals surface area (Å²) in [7, 11) is -2.46. The summed E-state index contributed by atoms with van der Waals surface area (Å²) in [5.74, 6) is 0.539. The van der Waals surface area contributed by atoms with Crippen LogP contribution in [-0.2, 0) is 16.2 Å². The van der Waals surface area contributed by atoms with Crippen molar-refractivity contribution in [3.63, 3.8) is 0 Å². The van der Waals surface area contributed by atoms with Gasteiger partial charge in [-0.25, -0.2) is 18.2 Å². The van der Waals surface area contributed by atoms with Gasteiger partial charge < -0.3 is 4.74 Å². The summed E-state index contributed by atoms with van der Waals surface area (Å²) in [5, 5.41) is 9.29. The average Bonchev–Trinajstić information content (AvgIpc) is 3.07. The highest BCUT2D eigenvalue weighted by atomic mass is 32.2. The molecule has 0 saturated heterocycles. The third kappa shape index (κ3) is 4.49. The fourth-order valence-corrected chi connectivity index (χ4v) is 3.78. The summed E-state index contributed by atoms with van der Waals surface area (Å²) < 4.78 is 71.3. The quantitative estimate of drug-likeness (QED) is 0.610. The summed E-state index contributed by atoms with van der Waals surface area (Å²) in [4.78, 5) is -0.151. The van der Waals surface area contributed by atoms with Gasteiger partial charge in [0.15, 0.2) is 5.69 Å². The number of allylic oxidation sites excluding steroid dienone is 1. The van der Waals surface area contributed by atoms with E-state index in [1.165, 1.54) is 49.7 Å². The number of halogens is 3. The molecule has 0 fully saturated rings. The van der Waals surface area contributed by atoms with Crippen LogP contribution in [0.25, 0.3) is 28.6 Å². The Morgan fingerprint density at radius 1 is 1.10 bits per heavy atom.